The van der Waals surface area contributed by atoms with E-state index in [9.17, 15) is 13.6 Å². The maximum Gasteiger partial charge on any atom is 0.387 e. The average Bonchev–Trinajstić information content (AvgIpc) is 2.46. The molecule has 0 radical (unpaired) electrons. The number of benzene rings is 2. The van der Waals surface area contributed by atoms with E-state index in [2.05, 4.69) is 9.72 Å². The number of ether oxygens (including phenoxy) is 1. The van der Waals surface area contributed by atoms with Crippen LogP contribution in [-0.4, -0.2) is 11.6 Å². The van der Waals surface area contributed by atoms with E-state index in [4.69, 9.17) is 16.0 Å². The van der Waals surface area contributed by atoms with Crippen LogP contribution in [0.2, 0.25) is 5.02 Å². The Hall–Kier alpha value is -2.47. The number of fused-ring (bicyclic) bond motifs is 1. The third-order valence-corrected chi connectivity index (χ3v) is 3.23. The van der Waals surface area contributed by atoms with Gasteiger partial charge in [-0.05, 0) is 30.3 Å². The summed E-state index contributed by atoms with van der Waals surface area (Å²) in [5.41, 5.74) is 0.0573. The molecule has 3 rings (SSSR count). The Bertz CT molecular complexity index is 895. The van der Waals surface area contributed by atoms with Crippen molar-refractivity contribution in [3.63, 3.8) is 0 Å². The van der Waals surface area contributed by atoms with Crippen LogP contribution in [0.3, 0.4) is 0 Å². The zero-order valence-electron chi connectivity index (χ0n) is 10.9. The second kappa shape index (κ2) is 5.73. The zero-order chi connectivity index (χ0) is 15.7. The fraction of sp³-hybridized carbons (Fsp3) is 0.0667. The van der Waals surface area contributed by atoms with Crippen LogP contribution in [-0.2, 0) is 0 Å². The number of aromatic nitrogens is 1. The molecule has 4 nitrogen and oxygen atoms in total. The molecule has 0 bridgehead atoms. The van der Waals surface area contributed by atoms with E-state index >= 15 is 0 Å². The maximum atomic E-state index is 12.2. The predicted octanol–water partition coefficient (Wildman–Crippen LogP) is 4.11. The molecule has 0 atom stereocenters. The van der Waals surface area contributed by atoms with Crippen LogP contribution in [0.5, 0.6) is 5.75 Å². The first kappa shape index (κ1) is 14.5. The number of nitrogens with zero attached hydrogens (tertiary/aromatic N) is 1. The summed E-state index contributed by atoms with van der Waals surface area (Å²) in [6.07, 6.45) is 0. The summed E-state index contributed by atoms with van der Waals surface area (Å²) in [5, 5.41) is 0.410. The SMILES string of the molecule is O=c1oc(-c2cccc(OC(F)F)c2)nc2cccc(Cl)c12. The molecule has 0 saturated carbocycles. The molecule has 0 aliphatic rings. The second-order valence-corrected chi connectivity index (χ2v) is 4.75. The lowest BCUT2D eigenvalue weighted by atomic mass is 10.2. The Labute approximate surface area is 127 Å². The molecular weight excluding hydrogens is 316 g/mol. The van der Waals surface area contributed by atoms with Crippen molar-refractivity contribution in [1.29, 1.82) is 0 Å². The Morgan fingerprint density at radius 1 is 1.18 bits per heavy atom. The van der Waals surface area contributed by atoms with Gasteiger partial charge in [-0.3, -0.25) is 0 Å². The van der Waals surface area contributed by atoms with Crippen molar-refractivity contribution in [3.05, 3.63) is 57.9 Å². The molecule has 1 aromatic heterocycles. The van der Waals surface area contributed by atoms with Gasteiger partial charge in [-0.1, -0.05) is 23.7 Å². The molecule has 0 unspecified atom stereocenters. The van der Waals surface area contributed by atoms with E-state index in [1.54, 1.807) is 24.3 Å². The number of hydrogen-bond acceptors (Lipinski definition) is 4. The second-order valence-electron chi connectivity index (χ2n) is 4.35. The summed E-state index contributed by atoms with van der Waals surface area (Å²) in [5.74, 6) is -0.0531. The maximum absolute atomic E-state index is 12.2. The average molecular weight is 324 g/mol. The monoisotopic (exact) mass is 323 g/mol. The highest BCUT2D eigenvalue weighted by molar-refractivity contribution is 6.35. The summed E-state index contributed by atoms with van der Waals surface area (Å²) < 4.78 is 33.9. The summed E-state index contributed by atoms with van der Waals surface area (Å²) in [6, 6.07) is 10.6. The highest BCUT2D eigenvalue weighted by Gasteiger charge is 2.12. The van der Waals surface area contributed by atoms with E-state index in [0.29, 0.717) is 11.1 Å². The van der Waals surface area contributed by atoms with Crippen molar-refractivity contribution >= 4 is 22.5 Å². The Morgan fingerprint density at radius 3 is 2.73 bits per heavy atom. The van der Waals surface area contributed by atoms with Gasteiger partial charge in [-0.2, -0.15) is 8.78 Å². The topological polar surface area (TPSA) is 52.3 Å². The van der Waals surface area contributed by atoms with Gasteiger partial charge in [0.25, 0.3) is 0 Å². The van der Waals surface area contributed by atoms with Gasteiger partial charge in [-0.15, -0.1) is 0 Å². The lowest BCUT2D eigenvalue weighted by molar-refractivity contribution is -0.0498. The summed E-state index contributed by atoms with van der Waals surface area (Å²) in [7, 11) is 0. The van der Waals surface area contributed by atoms with Gasteiger partial charge in [-0.25, -0.2) is 9.78 Å². The van der Waals surface area contributed by atoms with Crippen molar-refractivity contribution in [3.8, 4) is 17.2 Å². The van der Waals surface area contributed by atoms with E-state index < -0.39 is 12.2 Å². The number of hydrogen-bond donors (Lipinski definition) is 0. The number of alkyl halides is 2. The lowest BCUT2D eigenvalue weighted by Gasteiger charge is -2.06. The van der Waals surface area contributed by atoms with Gasteiger partial charge < -0.3 is 9.15 Å². The van der Waals surface area contributed by atoms with Crippen LogP contribution in [0.15, 0.2) is 51.7 Å². The molecule has 0 amide bonds. The first-order valence-electron chi connectivity index (χ1n) is 6.19. The van der Waals surface area contributed by atoms with Crippen molar-refractivity contribution in [2.75, 3.05) is 0 Å². The molecule has 2 aromatic carbocycles. The minimum absolute atomic E-state index is 0.000479. The van der Waals surface area contributed by atoms with E-state index in [1.165, 1.54) is 18.2 Å². The molecule has 22 heavy (non-hydrogen) atoms. The van der Waals surface area contributed by atoms with Crippen LogP contribution in [0.4, 0.5) is 8.78 Å². The van der Waals surface area contributed by atoms with Crippen LogP contribution >= 0.6 is 11.6 Å². The number of halogens is 3. The minimum Gasteiger partial charge on any atom is -0.435 e. The molecule has 0 N–H and O–H groups in total. The lowest BCUT2D eigenvalue weighted by Crippen LogP contribution is -2.04. The van der Waals surface area contributed by atoms with Crippen molar-refractivity contribution in [2.45, 2.75) is 6.61 Å². The molecule has 0 spiro atoms. The Balaban J connectivity index is 2.13. The van der Waals surface area contributed by atoms with Gasteiger partial charge >= 0.3 is 12.2 Å². The first-order valence-corrected chi connectivity index (χ1v) is 6.57. The van der Waals surface area contributed by atoms with Gasteiger partial charge in [0.2, 0.25) is 5.89 Å². The number of rotatable bonds is 3. The van der Waals surface area contributed by atoms with Crippen molar-refractivity contribution in [2.24, 2.45) is 0 Å². The molecule has 0 fully saturated rings. The summed E-state index contributed by atoms with van der Waals surface area (Å²) >= 11 is 5.94. The van der Waals surface area contributed by atoms with E-state index in [1.807, 2.05) is 0 Å². The summed E-state index contributed by atoms with van der Waals surface area (Å²) in [4.78, 5) is 16.2. The normalized spacial score (nSPS) is 11.1. The third-order valence-electron chi connectivity index (χ3n) is 2.91. The quantitative estimate of drug-likeness (QED) is 0.728. The fourth-order valence-electron chi connectivity index (χ4n) is 2.01. The molecule has 3 aromatic rings. The zero-order valence-corrected chi connectivity index (χ0v) is 11.7. The third kappa shape index (κ3) is 2.78. The van der Waals surface area contributed by atoms with Gasteiger partial charge in [0, 0.05) is 5.56 Å². The highest BCUT2D eigenvalue weighted by Crippen LogP contribution is 2.25. The van der Waals surface area contributed by atoms with Crippen molar-refractivity contribution in [1.82, 2.24) is 4.98 Å². The minimum atomic E-state index is -2.94. The van der Waals surface area contributed by atoms with Crippen LogP contribution < -0.4 is 10.4 Å². The molecular formula is C15H8ClF2NO3. The standard InChI is InChI=1S/C15H8ClF2NO3/c16-10-5-2-6-11-12(10)14(20)22-13(19-11)8-3-1-4-9(7-8)21-15(17)18/h1-7,15H. The predicted molar refractivity (Wildman–Crippen MR) is 77.4 cm³/mol. The van der Waals surface area contributed by atoms with Crippen LogP contribution in [0, 0.1) is 0 Å². The molecule has 0 aliphatic carbocycles. The molecule has 0 saturated heterocycles. The van der Waals surface area contributed by atoms with E-state index in [0.717, 1.165) is 0 Å². The van der Waals surface area contributed by atoms with Crippen LogP contribution in [0.25, 0.3) is 22.4 Å². The first-order chi connectivity index (χ1) is 10.5. The molecule has 1 heterocycles. The van der Waals surface area contributed by atoms with Crippen molar-refractivity contribution < 1.29 is 17.9 Å². The smallest absolute Gasteiger partial charge is 0.387 e. The molecule has 0 aliphatic heterocycles. The largest absolute Gasteiger partial charge is 0.435 e. The highest BCUT2D eigenvalue weighted by atomic mass is 35.5. The molecule has 112 valence electrons. The summed E-state index contributed by atoms with van der Waals surface area (Å²) in [6.45, 7) is -2.94. The van der Waals surface area contributed by atoms with Gasteiger partial charge in [0.15, 0.2) is 0 Å². The molecule has 7 heteroatoms. The van der Waals surface area contributed by atoms with Crippen LogP contribution in [0.1, 0.15) is 0 Å². The Morgan fingerprint density at radius 2 is 1.95 bits per heavy atom. The fourth-order valence-corrected chi connectivity index (χ4v) is 2.25. The van der Waals surface area contributed by atoms with Gasteiger partial charge in [0.05, 0.1) is 10.5 Å². The van der Waals surface area contributed by atoms with Gasteiger partial charge in [0.1, 0.15) is 11.1 Å². The van der Waals surface area contributed by atoms with E-state index in [-0.39, 0.29) is 22.0 Å². The Kier molecular flexibility index (Phi) is 3.77.